The van der Waals surface area contributed by atoms with E-state index < -0.39 is 0 Å². The summed E-state index contributed by atoms with van der Waals surface area (Å²) < 4.78 is 19.0. The van der Waals surface area contributed by atoms with E-state index in [0.29, 0.717) is 6.61 Å². The number of hydrogen-bond acceptors (Lipinski definition) is 3. The molecule has 130 valence electrons. The average molecular weight is 330 g/mol. The second-order valence-electron chi connectivity index (χ2n) is 6.01. The number of ether oxygens (including phenoxy) is 1. The van der Waals surface area contributed by atoms with Gasteiger partial charge in [0.1, 0.15) is 5.82 Å². The molecule has 1 atom stereocenters. The number of halogens is 1. The number of nitrogens with zero attached hydrogens (tertiary/aromatic N) is 2. The molecule has 0 bridgehead atoms. The van der Waals surface area contributed by atoms with Gasteiger partial charge in [0, 0.05) is 39.0 Å². The Balaban J connectivity index is 1.88. The largest absolute Gasteiger partial charge is 0.373 e. The third kappa shape index (κ3) is 5.62. The van der Waals surface area contributed by atoms with Crippen molar-refractivity contribution in [3.63, 3.8) is 0 Å². The lowest BCUT2D eigenvalue weighted by Gasteiger charge is -2.27. The summed E-state index contributed by atoms with van der Waals surface area (Å²) in [6, 6.07) is 16.9. The third-order valence-corrected chi connectivity index (χ3v) is 4.10. The molecule has 2 aromatic carbocycles. The SMILES string of the molecule is CCOC(CN(C)CCN(C)c1ccccc1)c1ccc(F)cc1. The van der Waals surface area contributed by atoms with Crippen molar-refractivity contribution in [2.45, 2.75) is 13.0 Å². The summed E-state index contributed by atoms with van der Waals surface area (Å²) in [5.41, 5.74) is 2.23. The summed E-state index contributed by atoms with van der Waals surface area (Å²) in [4.78, 5) is 4.49. The first-order chi connectivity index (χ1) is 11.6. The van der Waals surface area contributed by atoms with Crippen molar-refractivity contribution in [3.8, 4) is 0 Å². The maximum Gasteiger partial charge on any atom is 0.123 e. The Morgan fingerprint density at radius 1 is 0.958 bits per heavy atom. The van der Waals surface area contributed by atoms with Crippen LogP contribution in [0.4, 0.5) is 10.1 Å². The van der Waals surface area contributed by atoms with Crippen LogP contribution in [0, 0.1) is 5.82 Å². The van der Waals surface area contributed by atoms with Gasteiger partial charge in [-0.05, 0) is 43.8 Å². The van der Waals surface area contributed by atoms with E-state index in [1.165, 1.54) is 17.8 Å². The van der Waals surface area contributed by atoms with Crippen LogP contribution in [0.2, 0.25) is 0 Å². The predicted molar refractivity (Wildman–Crippen MR) is 98.0 cm³/mol. The molecule has 0 saturated heterocycles. The number of rotatable bonds is 9. The molecule has 24 heavy (non-hydrogen) atoms. The Bertz CT molecular complexity index is 588. The fraction of sp³-hybridized carbons (Fsp3) is 0.400. The van der Waals surface area contributed by atoms with E-state index in [0.717, 1.165) is 25.2 Å². The zero-order valence-electron chi connectivity index (χ0n) is 14.8. The first-order valence-electron chi connectivity index (χ1n) is 8.42. The minimum Gasteiger partial charge on any atom is -0.373 e. The van der Waals surface area contributed by atoms with E-state index in [-0.39, 0.29) is 11.9 Å². The summed E-state index contributed by atoms with van der Waals surface area (Å²) in [6.45, 7) is 5.26. The molecule has 0 aliphatic rings. The van der Waals surface area contributed by atoms with E-state index >= 15 is 0 Å². The van der Waals surface area contributed by atoms with Gasteiger partial charge in [0.05, 0.1) is 6.10 Å². The van der Waals surface area contributed by atoms with Gasteiger partial charge in [-0.2, -0.15) is 0 Å². The predicted octanol–water partition coefficient (Wildman–Crippen LogP) is 3.97. The molecule has 0 spiro atoms. The number of hydrogen-bond donors (Lipinski definition) is 0. The van der Waals surface area contributed by atoms with Crippen molar-refractivity contribution in [2.24, 2.45) is 0 Å². The average Bonchev–Trinajstić information content (AvgIpc) is 2.61. The van der Waals surface area contributed by atoms with Crippen molar-refractivity contribution in [1.82, 2.24) is 4.90 Å². The van der Waals surface area contributed by atoms with Crippen LogP contribution in [0.3, 0.4) is 0 Å². The highest BCUT2D eigenvalue weighted by Crippen LogP contribution is 2.19. The molecule has 2 aromatic rings. The van der Waals surface area contributed by atoms with Gasteiger partial charge in [-0.25, -0.2) is 4.39 Å². The number of para-hydroxylation sites is 1. The summed E-state index contributed by atoms with van der Waals surface area (Å²) in [7, 11) is 4.19. The molecule has 0 fully saturated rings. The number of benzene rings is 2. The van der Waals surface area contributed by atoms with Crippen LogP contribution in [0.15, 0.2) is 54.6 Å². The second-order valence-corrected chi connectivity index (χ2v) is 6.01. The molecule has 0 N–H and O–H groups in total. The maximum atomic E-state index is 13.1. The zero-order valence-corrected chi connectivity index (χ0v) is 14.8. The summed E-state index contributed by atoms with van der Waals surface area (Å²) >= 11 is 0. The van der Waals surface area contributed by atoms with E-state index in [1.54, 1.807) is 12.1 Å². The normalized spacial score (nSPS) is 12.4. The van der Waals surface area contributed by atoms with Gasteiger partial charge in [-0.15, -0.1) is 0 Å². The maximum absolute atomic E-state index is 13.1. The van der Waals surface area contributed by atoms with Crippen molar-refractivity contribution < 1.29 is 9.13 Å². The quantitative estimate of drug-likeness (QED) is 0.692. The van der Waals surface area contributed by atoms with Crippen LogP contribution in [0.5, 0.6) is 0 Å². The van der Waals surface area contributed by atoms with Gasteiger partial charge >= 0.3 is 0 Å². The van der Waals surface area contributed by atoms with Crippen LogP contribution >= 0.6 is 0 Å². The number of likely N-dealkylation sites (N-methyl/N-ethyl adjacent to an activating group) is 2. The van der Waals surface area contributed by atoms with E-state index in [2.05, 4.69) is 48.2 Å². The smallest absolute Gasteiger partial charge is 0.123 e. The second kappa shape index (κ2) is 9.40. The molecular weight excluding hydrogens is 303 g/mol. The van der Waals surface area contributed by atoms with Crippen LogP contribution in [-0.4, -0.2) is 45.2 Å². The van der Waals surface area contributed by atoms with Gasteiger partial charge in [-0.1, -0.05) is 30.3 Å². The van der Waals surface area contributed by atoms with Gasteiger partial charge in [-0.3, -0.25) is 0 Å². The van der Waals surface area contributed by atoms with Gasteiger partial charge < -0.3 is 14.5 Å². The fourth-order valence-electron chi connectivity index (χ4n) is 2.64. The topological polar surface area (TPSA) is 15.7 Å². The van der Waals surface area contributed by atoms with Crippen LogP contribution in [-0.2, 0) is 4.74 Å². The zero-order chi connectivity index (χ0) is 17.4. The Morgan fingerprint density at radius 3 is 2.25 bits per heavy atom. The Morgan fingerprint density at radius 2 is 1.62 bits per heavy atom. The minimum absolute atomic E-state index is 0.0392. The lowest BCUT2D eigenvalue weighted by Crippen LogP contribution is -2.33. The molecule has 0 amide bonds. The molecular formula is C20H27FN2O. The van der Waals surface area contributed by atoms with Gasteiger partial charge in [0.25, 0.3) is 0 Å². The summed E-state index contributed by atoms with van der Waals surface area (Å²) in [5, 5.41) is 0. The lowest BCUT2D eigenvalue weighted by atomic mass is 10.1. The summed E-state index contributed by atoms with van der Waals surface area (Å²) in [6.07, 6.45) is -0.0392. The highest BCUT2D eigenvalue weighted by atomic mass is 19.1. The third-order valence-electron chi connectivity index (χ3n) is 4.10. The molecule has 0 radical (unpaired) electrons. The molecule has 2 rings (SSSR count). The first-order valence-corrected chi connectivity index (χ1v) is 8.42. The van der Waals surface area contributed by atoms with Crippen molar-refractivity contribution in [3.05, 3.63) is 66.0 Å². The highest BCUT2D eigenvalue weighted by molar-refractivity contribution is 5.44. The van der Waals surface area contributed by atoms with Gasteiger partial charge in [0.2, 0.25) is 0 Å². The van der Waals surface area contributed by atoms with Crippen LogP contribution in [0.1, 0.15) is 18.6 Å². The molecule has 0 aromatic heterocycles. The van der Waals surface area contributed by atoms with E-state index in [9.17, 15) is 4.39 Å². The fourth-order valence-corrected chi connectivity index (χ4v) is 2.64. The van der Waals surface area contributed by atoms with Crippen molar-refractivity contribution in [1.29, 1.82) is 0 Å². The Hall–Kier alpha value is -1.91. The van der Waals surface area contributed by atoms with E-state index in [1.807, 2.05) is 13.0 Å². The molecule has 4 heteroatoms. The Labute approximate surface area is 144 Å². The minimum atomic E-state index is -0.216. The molecule has 0 aliphatic carbocycles. The van der Waals surface area contributed by atoms with Gasteiger partial charge in [0.15, 0.2) is 0 Å². The molecule has 3 nitrogen and oxygen atoms in total. The van der Waals surface area contributed by atoms with Crippen molar-refractivity contribution in [2.75, 3.05) is 45.2 Å². The molecule has 1 unspecified atom stereocenters. The Kier molecular flexibility index (Phi) is 7.22. The van der Waals surface area contributed by atoms with Crippen molar-refractivity contribution >= 4 is 5.69 Å². The number of anilines is 1. The monoisotopic (exact) mass is 330 g/mol. The lowest BCUT2D eigenvalue weighted by molar-refractivity contribution is 0.0389. The molecule has 0 heterocycles. The van der Waals surface area contributed by atoms with Crippen LogP contribution in [0.25, 0.3) is 0 Å². The molecule has 0 saturated carbocycles. The molecule has 0 aliphatic heterocycles. The van der Waals surface area contributed by atoms with E-state index in [4.69, 9.17) is 4.74 Å². The highest BCUT2D eigenvalue weighted by Gasteiger charge is 2.14. The van der Waals surface area contributed by atoms with Crippen LogP contribution < -0.4 is 4.90 Å². The summed E-state index contributed by atoms with van der Waals surface area (Å²) in [5.74, 6) is -0.216. The first kappa shape index (κ1) is 18.4. The standard InChI is InChI=1S/C20H27FN2O/c1-4-24-20(17-10-12-18(21)13-11-17)16-22(2)14-15-23(3)19-8-6-5-7-9-19/h5-13,20H,4,14-16H2,1-3H3.